The van der Waals surface area contributed by atoms with E-state index in [4.69, 9.17) is 52.1 Å². The summed E-state index contributed by atoms with van der Waals surface area (Å²) in [5.41, 5.74) is 0. The van der Waals surface area contributed by atoms with Crippen molar-refractivity contribution in [3.8, 4) is 0 Å². The van der Waals surface area contributed by atoms with Gasteiger partial charge in [-0.1, -0.05) is 0 Å². The largest absolute Gasteiger partial charge is 0.462 e. The van der Waals surface area contributed by atoms with E-state index in [1.54, 1.807) is 27.7 Å². The van der Waals surface area contributed by atoms with Crippen LogP contribution < -0.4 is 0 Å². The van der Waals surface area contributed by atoms with Gasteiger partial charge in [-0.2, -0.15) is 0 Å². The van der Waals surface area contributed by atoms with Gasteiger partial charge in [0, 0.05) is 27.7 Å². The van der Waals surface area contributed by atoms with Gasteiger partial charge >= 0.3 is 23.9 Å². The topological polar surface area (TPSA) is 170 Å². The highest BCUT2D eigenvalue weighted by molar-refractivity contribution is 5.68. The minimum Gasteiger partial charge on any atom is -0.462 e. The molecule has 15 nitrogen and oxygen atoms in total. The number of esters is 4. The predicted octanol–water partition coefficient (Wildman–Crippen LogP) is 0.483. The van der Waals surface area contributed by atoms with Crippen LogP contribution in [0.25, 0.3) is 0 Å². The molecule has 4 fully saturated rings. The Morgan fingerprint density at radius 2 is 1.37 bits per heavy atom. The molecule has 15 heteroatoms. The first-order valence-corrected chi connectivity index (χ1v) is 13.3. The van der Waals surface area contributed by atoms with E-state index in [0.29, 0.717) is 0 Å². The Morgan fingerprint density at radius 1 is 0.732 bits per heavy atom. The van der Waals surface area contributed by atoms with Crippen molar-refractivity contribution in [3.05, 3.63) is 0 Å². The van der Waals surface area contributed by atoms with E-state index < -0.39 is 103 Å². The molecule has 0 N–H and O–H groups in total. The summed E-state index contributed by atoms with van der Waals surface area (Å²) in [6, 6.07) is 0. The Kier molecular flexibility index (Phi) is 9.28. The maximum atomic E-state index is 12.1. The lowest BCUT2D eigenvalue weighted by molar-refractivity contribution is -0.298. The summed E-state index contributed by atoms with van der Waals surface area (Å²) in [6.45, 7) is 11.5. The third kappa shape index (κ3) is 7.52. The monoisotopic (exact) mass is 590 g/mol. The van der Waals surface area contributed by atoms with Gasteiger partial charge in [0.25, 0.3) is 0 Å². The first-order chi connectivity index (χ1) is 19.0. The smallest absolute Gasteiger partial charge is 0.303 e. The van der Waals surface area contributed by atoms with Crippen molar-refractivity contribution in [2.24, 2.45) is 0 Å². The van der Waals surface area contributed by atoms with Crippen LogP contribution in [0.3, 0.4) is 0 Å². The molecule has 0 aromatic carbocycles. The molecule has 0 spiro atoms. The SMILES string of the molecule is CC(=O)OC[C@@H](OC(C)=O)[C@H]1O[C@@H](O[C@@H]2O[C@H]([C@H]3COC(C)(C)O3)[C@@H]3OC(C)(C)O[C@H]23)[C@@H](OC(C)=O)[C@H]1OC(C)=O. The molecule has 4 aliphatic rings. The quantitative estimate of drug-likeness (QED) is 0.268. The summed E-state index contributed by atoms with van der Waals surface area (Å²) in [6.07, 6.45) is -10.1. The minimum atomic E-state index is -1.39. The Labute approximate surface area is 237 Å². The van der Waals surface area contributed by atoms with Crippen molar-refractivity contribution in [3.63, 3.8) is 0 Å². The van der Waals surface area contributed by atoms with Crippen molar-refractivity contribution >= 4 is 23.9 Å². The van der Waals surface area contributed by atoms with Gasteiger partial charge in [0.15, 0.2) is 36.2 Å². The van der Waals surface area contributed by atoms with E-state index in [1.807, 2.05) is 0 Å². The fraction of sp³-hybridized carbons (Fsp3) is 0.846. The van der Waals surface area contributed by atoms with Crippen molar-refractivity contribution in [2.75, 3.05) is 13.2 Å². The van der Waals surface area contributed by atoms with E-state index >= 15 is 0 Å². The number of carbonyl (C=O) groups is 4. The third-order valence-corrected chi connectivity index (χ3v) is 6.66. The Morgan fingerprint density at radius 3 is 1.93 bits per heavy atom. The van der Waals surface area contributed by atoms with Gasteiger partial charge < -0.3 is 52.1 Å². The number of rotatable bonds is 9. The molecule has 0 aromatic rings. The molecular weight excluding hydrogens is 552 g/mol. The van der Waals surface area contributed by atoms with Crippen LogP contribution in [0.1, 0.15) is 55.4 Å². The number of ether oxygens (including phenoxy) is 11. The highest BCUT2D eigenvalue weighted by Gasteiger charge is 2.62. The number of fused-ring (bicyclic) bond motifs is 1. The first-order valence-electron chi connectivity index (χ1n) is 13.3. The molecule has 0 amide bonds. The van der Waals surface area contributed by atoms with Crippen LogP contribution in [0.5, 0.6) is 0 Å². The fourth-order valence-electron chi connectivity index (χ4n) is 5.32. The molecule has 232 valence electrons. The maximum absolute atomic E-state index is 12.1. The minimum absolute atomic E-state index is 0.240. The zero-order valence-electron chi connectivity index (χ0n) is 24.3. The van der Waals surface area contributed by atoms with Gasteiger partial charge in [-0.15, -0.1) is 0 Å². The predicted molar refractivity (Wildman–Crippen MR) is 130 cm³/mol. The highest BCUT2D eigenvalue weighted by Crippen LogP contribution is 2.44. The second-order valence-electron chi connectivity index (χ2n) is 11.1. The molecule has 4 saturated heterocycles. The standard InChI is InChI=1S/C26H38O15/c1-11(27)31-9-15(33-12(2)28)17-19(34-13(3)29)21(35-14(4)30)23(36-17)38-24-22-20(40-26(7,8)41-22)18(37-24)16-10-32-25(5,6)39-16/h15-24H,9-10H2,1-8H3/t15-,16-,17-,18-,19+,20+,21+,22+,23+,24+/m1/s1. The maximum Gasteiger partial charge on any atom is 0.303 e. The second-order valence-corrected chi connectivity index (χ2v) is 11.1. The zero-order chi connectivity index (χ0) is 30.3. The Hall–Kier alpha value is -2.40. The molecule has 0 bridgehead atoms. The molecule has 0 radical (unpaired) electrons. The van der Waals surface area contributed by atoms with Crippen LogP contribution in [-0.4, -0.2) is 110 Å². The van der Waals surface area contributed by atoms with E-state index in [2.05, 4.69) is 0 Å². The van der Waals surface area contributed by atoms with Gasteiger partial charge in [-0.25, -0.2) is 0 Å². The van der Waals surface area contributed by atoms with Gasteiger partial charge in [0.05, 0.1) is 6.61 Å². The lowest BCUT2D eigenvalue weighted by Gasteiger charge is -2.28. The molecule has 4 rings (SSSR count). The summed E-state index contributed by atoms with van der Waals surface area (Å²) >= 11 is 0. The van der Waals surface area contributed by atoms with E-state index in [1.165, 1.54) is 6.92 Å². The number of hydrogen-bond acceptors (Lipinski definition) is 15. The van der Waals surface area contributed by atoms with Crippen LogP contribution in [0.15, 0.2) is 0 Å². The zero-order valence-corrected chi connectivity index (χ0v) is 24.3. The van der Waals surface area contributed by atoms with Crippen molar-refractivity contribution in [2.45, 2.75) is 128 Å². The lowest BCUT2D eigenvalue weighted by Crippen LogP contribution is -2.47. The van der Waals surface area contributed by atoms with Gasteiger partial charge in [-0.3, -0.25) is 19.2 Å². The van der Waals surface area contributed by atoms with Crippen LogP contribution in [0, 0.1) is 0 Å². The average Bonchev–Trinajstić information content (AvgIpc) is 3.53. The van der Waals surface area contributed by atoms with Crippen molar-refractivity contribution in [1.82, 2.24) is 0 Å². The Bertz CT molecular complexity index is 1010. The molecule has 41 heavy (non-hydrogen) atoms. The van der Waals surface area contributed by atoms with Crippen molar-refractivity contribution in [1.29, 1.82) is 0 Å². The molecule has 4 aliphatic heterocycles. The highest BCUT2D eigenvalue weighted by atomic mass is 16.8. The van der Waals surface area contributed by atoms with E-state index in [9.17, 15) is 19.2 Å². The summed E-state index contributed by atoms with van der Waals surface area (Å²) in [5.74, 6) is -4.63. The summed E-state index contributed by atoms with van der Waals surface area (Å²) in [7, 11) is 0. The third-order valence-electron chi connectivity index (χ3n) is 6.66. The van der Waals surface area contributed by atoms with Gasteiger partial charge in [0.1, 0.15) is 37.1 Å². The molecule has 0 saturated carbocycles. The first kappa shape index (κ1) is 31.5. The molecule has 10 atom stereocenters. The average molecular weight is 591 g/mol. The summed E-state index contributed by atoms with van der Waals surface area (Å²) < 4.78 is 63.7. The van der Waals surface area contributed by atoms with E-state index in [0.717, 1.165) is 20.8 Å². The van der Waals surface area contributed by atoms with E-state index in [-0.39, 0.29) is 6.61 Å². The second kappa shape index (κ2) is 12.1. The number of hydrogen-bond donors (Lipinski definition) is 0. The lowest BCUT2D eigenvalue weighted by atomic mass is 10.1. The summed E-state index contributed by atoms with van der Waals surface area (Å²) in [5, 5.41) is 0. The van der Waals surface area contributed by atoms with Crippen LogP contribution in [0.4, 0.5) is 0 Å². The molecular formula is C26H38O15. The Balaban J connectivity index is 1.61. The van der Waals surface area contributed by atoms with Crippen LogP contribution >= 0.6 is 0 Å². The molecule has 0 aromatic heterocycles. The molecule has 0 aliphatic carbocycles. The molecule has 0 unspecified atom stereocenters. The normalized spacial score (nSPS) is 37.7. The summed E-state index contributed by atoms with van der Waals surface area (Å²) in [4.78, 5) is 47.6. The van der Waals surface area contributed by atoms with Gasteiger partial charge in [0.2, 0.25) is 6.29 Å². The fourth-order valence-corrected chi connectivity index (χ4v) is 5.32. The van der Waals surface area contributed by atoms with Gasteiger partial charge in [-0.05, 0) is 27.7 Å². The number of carbonyl (C=O) groups excluding carboxylic acids is 4. The van der Waals surface area contributed by atoms with Crippen LogP contribution in [0.2, 0.25) is 0 Å². The van der Waals surface area contributed by atoms with Crippen molar-refractivity contribution < 1.29 is 71.3 Å². The molecule has 4 heterocycles. The van der Waals surface area contributed by atoms with Crippen LogP contribution in [-0.2, 0) is 71.3 Å².